The predicted molar refractivity (Wildman–Crippen MR) is 45.3 cm³/mol. The van der Waals surface area contributed by atoms with Gasteiger partial charge in [0, 0.05) is 18.6 Å². The fourth-order valence-corrected chi connectivity index (χ4v) is 1.59. The van der Waals surface area contributed by atoms with Crippen molar-refractivity contribution in [3.05, 3.63) is 0 Å². The predicted octanol–water partition coefficient (Wildman–Crippen LogP) is -0.162. The number of aliphatic hydroxyl groups is 1. The van der Waals surface area contributed by atoms with Gasteiger partial charge in [0.1, 0.15) is 0 Å². The average Bonchev–Trinajstić information content (AvgIpc) is 2.04. The molecule has 0 heterocycles. The Morgan fingerprint density at radius 1 is 1.27 bits per heavy atom. The van der Waals surface area contributed by atoms with E-state index in [4.69, 9.17) is 10.8 Å². The van der Waals surface area contributed by atoms with Crippen molar-refractivity contribution in [2.45, 2.75) is 37.8 Å². The lowest BCUT2D eigenvalue weighted by molar-refractivity contribution is 0.267. The molecule has 11 heavy (non-hydrogen) atoms. The van der Waals surface area contributed by atoms with Gasteiger partial charge in [-0.1, -0.05) is 0 Å². The van der Waals surface area contributed by atoms with Gasteiger partial charge in [-0.2, -0.15) is 0 Å². The molecular weight excluding hydrogens is 140 g/mol. The number of rotatable bonds is 3. The average molecular weight is 158 g/mol. The number of nitrogens with one attached hydrogen (secondary N) is 1. The molecular formula is C8H18N2O. The summed E-state index contributed by atoms with van der Waals surface area (Å²) in [5.41, 5.74) is 5.75. The summed E-state index contributed by atoms with van der Waals surface area (Å²) >= 11 is 0. The zero-order valence-electron chi connectivity index (χ0n) is 6.92. The quantitative estimate of drug-likeness (QED) is 0.535. The normalized spacial score (nSPS) is 32.2. The van der Waals surface area contributed by atoms with Crippen LogP contribution in [-0.4, -0.2) is 30.3 Å². The van der Waals surface area contributed by atoms with Crippen molar-refractivity contribution >= 4 is 0 Å². The lowest BCUT2D eigenvalue weighted by Crippen LogP contribution is -2.38. The van der Waals surface area contributed by atoms with Gasteiger partial charge < -0.3 is 16.2 Å². The highest BCUT2D eigenvalue weighted by atomic mass is 16.3. The van der Waals surface area contributed by atoms with E-state index in [-0.39, 0.29) is 6.61 Å². The van der Waals surface area contributed by atoms with Crippen LogP contribution < -0.4 is 11.1 Å². The van der Waals surface area contributed by atoms with Crippen LogP contribution in [0.25, 0.3) is 0 Å². The van der Waals surface area contributed by atoms with E-state index in [0.717, 1.165) is 19.4 Å². The van der Waals surface area contributed by atoms with Crippen molar-refractivity contribution in [1.29, 1.82) is 0 Å². The van der Waals surface area contributed by atoms with Gasteiger partial charge >= 0.3 is 0 Å². The number of hydrogen-bond donors (Lipinski definition) is 3. The lowest BCUT2D eigenvalue weighted by Gasteiger charge is -2.26. The fraction of sp³-hybridized carbons (Fsp3) is 1.00. The molecule has 3 heteroatoms. The molecule has 0 aromatic rings. The summed E-state index contributed by atoms with van der Waals surface area (Å²) in [6, 6.07) is 1.02. The summed E-state index contributed by atoms with van der Waals surface area (Å²) in [6.07, 6.45) is 4.59. The Labute approximate surface area is 68.0 Å². The maximum Gasteiger partial charge on any atom is 0.0556 e. The molecule has 66 valence electrons. The highest BCUT2D eigenvalue weighted by molar-refractivity contribution is 4.78. The Balaban J connectivity index is 2.07. The Morgan fingerprint density at radius 2 is 1.91 bits per heavy atom. The minimum absolute atomic E-state index is 0.239. The van der Waals surface area contributed by atoms with E-state index in [0.29, 0.717) is 12.1 Å². The first-order valence-corrected chi connectivity index (χ1v) is 4.42. The van der Waals surface area contributed by atoms with Crippen LogP contribution in [0.2, 0.25) is 0 Å². The van der Waals surface area contributed by atoms with Crippen LogP contribution in [0.1, 0.15) is 25.7 Å². The first kappa shape index (κ1) is 8.97. The van der Waals surface area contributed by atoms with Crippen LogP contribution >= 0.6 is 0 Å². The zero-order valence-corrected chi connectivity index (χ0v) is 6.92. The molecule has 1 rings (SSSR count). The Kier molecular flexibility index (Phi) is 3.83. The van der Waals surface area contributed by atoms with E-state index in [1.807, 2.05) is 0 Å². The minimum Gasteiger partial charge on any atom is -0.395 e. The van der Waals surface area contributed by atoms with Crippen molar-refractivity contribution < 1.29 is 5.11 Å². The Morgan fingerprint density at radius 3 is 2.45 bits per heavy atom. The highest BCUT2D eigenvalue weighted by Gasteiger charge is 2.16. The van der Waals surface area contributed by atoms with Gasteiger partial charge in [0.2, 0.25) is 0 Å². The van der Waals surface area contributed by atoms with Crippen LogP contribution in [-0.2, 0) is 0 Å². The second-order valence-electron chi connectivity index (χ2n) is 3.29. The molecule has 0 aliphatic heterocycles. The second-order valence-corrected chi connectivity index (χ2v) is 3.29. The van der Waals surface area contributed by atoms with Crippen LogP contribution in [0.3, 0.4) is 0 Å². The van der Waals surface area contributed by atoms with Gasteiger partial charge in [0.25, 0.3) is 0 Å². The smallest absolute Gasteiger partial charge is 0.0556 e. The van der Waals surface area contributed by atoms with E-state index in [1.165, 1.54) is 12.8 Å². The van der Waals surface area contributed by atoms with Gasteiger partial charge in [-0.15, -0.1) is 0 Å². The molecule has 0 saturated heterocycles. The first-order valence-electron chi connectivity index (χ1n) is 4.42. The minimum atomic E-state index is 0.239. The maximum atomic E-state index is 8.56. The molecule has 1 aliphatic carbocycles. The van der Waals surface area contributed by atoms with Crippen LogP contribution in [0.5, 0.6) is 0 Å². The van der Waals surface area contributed by atoms with E-state index in [9.17, 15) is 0 Å². The molecule has 0 amide bonds. The second kappa shape index (κ2) is 4.70. The molecule has 0 unspecified atom stereocenters. The van der Waals surface area contributed by atoms with Gasteiger partial charge in [-0.3, -0.25) is 0 Å². The Bertz CT molecular complexity index is 97.5. The molecule has 1 saturated carbocycles. The van der Waals surface area contributed by atoms with E-state index in [2.05, 4.69) is 5.32 Å². The summed E-state index contributed by atoms with van der Waals surface area (Å²) < 4.78 is 0. The number of aliphatic hydroxyl groups excluding tert-OH is 1. The van der Waals surface area contributed by atoms with Crippen molar-refractivity contribution in [3.63, 3.8) is 0 Å². The van der Waals surface area contributed by atoms with Gasteiger partial charge in [-0.05, 0) is 25.7 Å². The van der Waals surface area contributed by atoms with Crippen molar-refractivity contribution in [2.24, 2.45) is 5.73 Å². The van der Waals surface area contributed by atoms with Crippen molar-refractivity contribution in [1.82, 2.24) is 5.32 Å². The lowest BCUT2D eigenvalue weighted by atomic mass is 9.92. The molecule has 0 spiro atoms. The standard InChI is InChI=1S/C8H18N2O/c9-7-1-3-8(4-2-7)10-5-6-11/h7-8,10-11H,1-6,9H2. The monoisotopic (exact) mass is 158 g/mol. The number of nitrogens with two attached hydrogens (primary N) is 1. The molecule has 4 N–H and O–H groups in total. The van der Waals surface area contributed by atoms with Gasteiger partial charge in [0.15, 0.2) is 0 Å². The third kappa shape index (κ3) is 3.18. The first-order chi connectivity index (χ1) is 5.33. The summed E-state index contributed by atoms with van der Waals surface area (Å²) in [6.45, 7) is 0.961. The van der Waals surface area contributed by atoms with Crippen LogP contribution in [0, 0.1) is 0 Å². The van der Waals surface area contributed by atoms with Crippen LogP contribution in [0.15, 0.2) is 0 Å². The topological polar surface area (TPSA) is 58.3 Å². The molecule has 0 atom stereocenters. The van der Waals surface area contributed by atoms with E-state index < -0.39 is 0 Å². The van der Waals surface area contributed by atoms with Crippen molar-refractivity contribution in [2.75, 3.05) is 13.2 Å². The summed E-state index contributed by atoms with van der Waals surface area (Å²) in [5, 5.41) is 11.8. The molecule has 0 bridgehead atoms. The third-order valence-corrected chi connectivity index (χ3v) is 2.32. The highest BCUT2D eigenvalue weighted by Crippen LogP contribution is 2.16. The fourth-order valence-electron chi connectivity index (χ4n) is 1.59. The zero-order chi connectivity index (χ0) is 8.10. The molecule has 1 aliphatic rings. The van der Waals surface area contributed by atoms with Crippen molar-refractivity contribution in [3.8, 4) is 0 Å². The molecule has 1 fully saturated rings. The molecule has 0 aromatic heterocycles. The molecule has 0 aromatic carbocycles. The van der Waals surface area contributed by atoms with Gasteiger partial charge in [-0.25, -0.2) is 0 Å². The largest absolute Gasteiger partial charge is 0.395 e. The SMILES string of the molecule is NC1CCC(NCCO)CC1. The molecule has 3 nitrogen and oxygen atoms in total. The maximum absolute atomic E-state index is 8.56. The van der Waals surface area contributed by atoms with Crippen LogP contribution in [0.4, 0.5) is 0 Å². The summed E-state index contributed by atoms with van der Waals surface area (Å²) in [7, 11) is 0. The third-order valence-electron chi connectivity index (χ3n) is 2.32. The summed E-state index contributed by atoms with van der Waals surface area (Å²) in [5.74, 6) is 0. The van der Waals surface area contributed by atoms with E-state index >= 15 is 0 Å². The van der Waals surface area contributed by atoms with E-state index in [1.54, 1.807) is 0 Å². The Hall–Kier alpha value is -0.120. The summed E-state index contributed by atoms with van der Waals surface area (Å²) in [4.78, 5) is 0. The number of hydrogen-bond acceptors (Lipinski definition) is 3. The molecule has 0 radical (unpaired) electrons. The van der Waals surface area contributed by atoms with Gasteiger partial charge in [0.05, 0.1) is 6.61 Å².